The zero-order valence-corrected chi connectivity index (χ0v) is 18.9. The van der Waals surface area contributed by atoms with Crippen molar-refractivity contribution in [2.45, 2.75) is 39.4 Å². The Bertz CT molecular complexity index is 917. The number of anilines is 2. The molecule has 0 saturated carbocycles. The van der Waals surface area contributed by atoms with Gasteiger partial charge in [-0.3, -0.25) is 19.3 Å². The predicted octanol–water partition coefficient (Wildman–Crippen LogP) is 2.47. The molecule has 0 radical (unpaired) electrons. The second-order valence-electron chi connectivity index (χ2n) is 9.00. The lowest BCUT2D eigenvalue weighted by Crippen LogP contribution is -2.55. The van der Waals surface area contributed by atoms with Crippen LogP contribution in [0, 0.1) is 5.41 Å². The third-order valence-electron chi connectivity index (χ3n) is 4.78. The molecule has 0 aliphatic carbocycles. The summed E-state index contributed by atoms with van der Waals surface area (Å²) in [5.41, 5.74) is 2.74. The van der Waals surface area contributed by atoms with Gasteiger partial charge in [0.05, 0.1) is 24.4 Å². The molecule has 34 heavy (non-hydrogen) atoms. The standard InChI is InChI=1S/C21H27F5N4O4/c1-20(2,3)11-29(9-15(22)23)17(18(27)32)19(33)28-12-4-5-14(13(8-12)21(24,25)26)30-6-7-34-10-16(30)31/h4-5,8,15,17H,6-7,9-11H2,1-3H3,(H2,27,32)(H,28,33)/t17-/m0/s1. The average Bonchev–Trinajstić information content (AvgIpc) is 2.65. The first kappa shape index (κ1) is 27.4. The van der Waals surface area contributed by atoms with Crippen LogP contribution in [0.1, 0.15) is 26.3 Å². The number of nitrogens with zero attached hydrogens (tertiary/aromatic N) is 2. The topological polar surface area (TPSA) is 105 Å². The molecule has 0 unspecified atom stereocenters. The summed E-state index contributed by atoms with van der Waals surface area (Å²) >= 11 is 0. The van der Waals surface area contributed by atoms with Crippen LogP contribution in [0.5, 0.6) is 0 Å². The first-order valence-corrected chi connectivity index (χ1v) is 10.3. The third kappa shape index (κ3) is 7.35. The quantitative estimate of drug-likeness (QED) is 0.427. The van der Waals surface area contributed by atoms with Crippen molar-refractivity contribution in [2.75, 3.05) is 43.1 Å². The van der Waals surface area contributed by atoms with Crippen LogP contribution < -0.4 is 16.0 Å². The molecule has 3 N–H and O–H groups in total. The molecule has 1 saturated heterocycles. The first-order valence-electron chi connectivity index (χ1n) is 10.3. The average molecular weight is 494 g/mol. The number of hydrogen-bond acceptors (Lipinski definition) is 5. The molecule has 8 nitrogen and oxygen atoms in total. The number of halogens is 5. The molecule has 190 valence electrons. The summed E-state index contributed by atoms with van der Waals surface area (Å²) in [6.07, 6.45) is -7.77. The van der Waals surface area contributed by atoms with Gasteiger partial charge in [-0.2, -0.15) is 13.2 Å². The number of nitrogens with one attached hydrogen (secondary N) is 1. The summed E-state index contributed by atoms with van der Waals surface area (Å²) in [6, 6.07) is 0.885. The van der Waals surface area contributed by atoms with Crippen LogP contribution in [0.15, 0.2) is 18.2 Å². The number of carbonyl (C=O) groups is 3. The maximum absolute atomic E-state index is 13.7. The zero-order chi connectivity index (χ0) is 25.8. The van der Waals surface area contributed by atoms with E-state index in [1.54, 1.807) is 20.8 Å². The minimum Gasteiger partial charge on any atom is -0.370 e. The van der Waals surface area contributed by atoms with E-state index in [1.165, 1.54) is 0 Å². The molecule has 1 atom stereocenters. The van der Waals surface area contributed by atoms with E-state index in [0.29, 0.717) is 6.07 Å². The van der Waals surface area contributed by atoms with E-state index >= 15 is 0 Å². The molecule has 0 aromatic heterocycles. The van der Waals surface area contributed by atoms with Gasteiger partial charge < -0.3 is 20.7 Å². The Balaban J connectivity index is 2.38. The maximum Gasteiger partial charge on any atom is 0.418 e. The maximum atomic E-state index is 13.7. The van der Waals surface area contributed by atoms with Crippen LogP contribution in [0.25, 0.3) is 0 Å². The van der Waals surface area contributed by atoms with Crippen LogP contribution in [0.3, 0.4) is 0 Å². The Morgan fingerprint density at radius 1 is 1.24 bits per heavy atom. The fourth-order valence-electron chi connectivity index (χ4n) is 3.58. The Kier molecular flexibility index (Phi) is 8.59. The van der Waals surface area contributed by atoms with Crippen molar-refractivity contribution < 1.29 is 41.1 Å². The van der Waals surface area contributed by atoms with E-state index in [-0.39, 0.29) is 32.0 Å². The number of primary amides is 1. The van der Waals surface area contributed by atoms with Crippen molar-refractivity contribution in [3.05, 3.63) is 23.8 Å². The van der Waals surface area contributed by atoms with Gasteiger partial charge in [0.15, 0.2) is 6.04 Å². The highest BCUT2D eigenvalue weighted by molar-refractivity contribution is 6.09. The summed E-state index contributed by atoms with van der Waals surface area (Å²) in [7, 11) is 0. The largest absolute Gasteiger partial charge is 0.418 e. The summed E-state index contributed by atoms with van der Waals surface area (Å²) in [5, 5.41) is 2.16. The number of carbonyl (C=O) groups excluding carboxylic acids is 3. The number of benzene rings is 1. The monoisotopic (exact) mass is 494 g/mol. The van der Waals surface area contributed by atoms with Gasteiger partial charge in [0.2, 0.25) is 5.91 Å². The van der Waals surface area contributed by atoms with E-state index in [0.717, 1.165) is 21.9 Å². The Labute approximate surface area is 193 Å². The molecule has 3 amide bonds. The molecule has 13 heteroatoms. The van der Waals surface area contributed by atoms with Gasteiger partial charge in [0.25, 0.3) is 18.2 Å². The number of morpholine rings is 1. The molecule has 1 aromatic carbocycles. The minimum absolute atomic E-state index is 0.0512. The van der Waals surface area contributed by atoms with Gasteiger partial charge in [-0.25, -0.2) is 8.78 Å². The molecular weight excluding hydrogens is 467 g/mol. The second-order valence-corrected chi connectivity index (χ2v) is 9.00. The molecule has 1 aliphatic rings. The van der Waals surface area contributed by atoms with Crippen LogP contribution in [0.2, 0.25) is 0 Å². The van der Waals surface area contributed by atoms with E-state index in [2.05, 4.69) is 5.32 Å². The highest BCUT2D eigenvalue weighted by atomic mass is 19.4. The predicted molar refractivity (Wildman–Crippen MR) is 113 cm³/mol. The first-order chi connectivity index (χ1) is 15.6. The van der Waals surface area contributed by atoms with E-state index in [9.17, 15) is 36.3 Å². The van der Waals surface area contributed by atoms with Crippen LogP contribution in [0.4, 0.5) is 33.3 Å². The van der Waals surface area contributed by atoms with Gasteiger partial charge in [0, 0.05) is 18.8 Å². The molecule has 1 heterocycles. The van der Waals surface area contributed by atoms with Crippen molar-refractivity contribution in [3.63, 3.8) is 0 Å². The lowest BCUT2D eigenvalue weighted by Gasteiger charge is -2.33. The molecule has 1 fully saturated rings. The lowest BCUT2D eigenvalue weighted by atomic mass is 9.95. The van der Waals surface area contributed by atoms with Crippen molar-refractivity contribution in [1.29, 1.82) is 0 Å². The summed E-state index contributed by atoms with van der Waals surface area (Å²) < 4.78 is 72.4. The number of rotatable bonds is 8. The minimum atomic E-state index is -4.88. The molecule has 0 spiro atoms. The summed E-state index contributed by atoms with van der Waals surface area (Å²) in [4.78, 5) is 38.7. The van der Waals surface area contributed by atoms with Crippen molar-refractivity contribution >= 4 is 29.1 Å². The number of alkyl halides is 5. The molecular formula is C21H27F5N4O4. The SMILES string of the molecule is CC(C)(C)CN(CC(F)F)[C@@H](C(N)=O)C(=O)Nc1ccc(N2CCOCC2=O)c(C(F)(F)F)c1. The summed E-state index contributed by atoms with van der Waals surface area (Å²) in [5.74, 6) is -3.04. The molecule has 0 bridgehead atoms. The van der Waals surface area contributed by atoms with Gasteiger partial charge >= 0.3 is 6.18 Å². The van der Waals surface area contributed by atoms with Crippen molar-refractivity contribution in [3.8, 4) is 0 Å². The van der Waals surface area contributed by atoms with Crippen LogP contribution >= 0.6 is 0 Å². The van der Waals surface area contributed by atoms with E-state index < -0.39 is 59.6 Å². The summed E-state index contributed by atoms with van der Waals surface area (Å²) in [6.45, 7) is 3.63. The molecule has 1 aliphatic heterocycles. The van der Waals surface area contributed by atoms with Crippen LogP contribution in [-0.2, 0) is 25.3 Å². The third-order valence-corrected chi connectivity index (χ3v) is 4.78. The lowest BCUT2D eigenvalue weighted by molar-refractivity contribution is -0.138. The smallest absolute Gasteiger partial charge is 0.370 e. The number of ether oxygens (including phenoxy) is 1. The van der Waals surface area contributed by atoms with Gasteiger partial charge in [0.1, 0.15) is 6.61 Å². The highest BCUT2D eigenvalue weighted by Crippen LogP contribution is 2.39. The normalized spacial score (nSPS) is 16.2. The van der Waals surface area contributed by atoms with Gasteiger partial charge in [-0.15, -0.1) is 0 Å². The Morgan fingerprint density at radius 3 is 2.38 bits per heavy atom. The van der Waals surface area contributed by atoms with Crippen molar-refractivity contribution in [2.24, 2.45) is 11.1 Å². The zero-order valence-electron chi connectivity index (χ0n) is 18.9. The highest BCUT2D eigenvalue weighted by Gasteiger charge is 2.38. The van der Waals surface area contributed by atoms with E-state index in [4.69, 9.17) is 10.5 Å². The fourth-order valence-corrected chi connectivity index (χ4v) is 3.58. The fraction of sp³-hybridized carbons (Fsp3) is 0.571. The number of hydrogen-bond donors (Lipinski definition) is 2. The Morgan fingerprint density at radius 2 is 1.88 bits per heavy atom. The number of nitrogens with two attached hydrogens (primary N) is 1. The van der Waals surface area contributed by atoms with E-state index in [1.807, 2.05) is 0 Å². The Hall–Kier alpha value is -2.80. The number of amides is 3. The molecule has 2 rings (SSSR count). The van der Waals surface area contributed by atoms with Crippen LogP contribution in [-0.4, -0.2) is 67.9 Å². The van der Waals surface area contributed by atoms with Gasteiger partial charge in [-0.05, 0) is 23.6 Å². The molecule has 1 aromatic rings. The van der Waals surface area contributed by atoms with Gasteiger partial charge in [-0.1, -0.05) is 20.8 Å². The van der Waals surface area contributed by atoms with Crippen molar-refractivity contribution in [1.82, 2.24) is 4.90 Å². The second kappa shape index (κ2) is 10.6.